The zero-order valence-corrected chi connectivity index (χ0v) is 15.0. The van der Waals surface area contributed by atoms with Gasteiger partial charge in [0, 0.05) is 17.5 Å². The highest BCUT2D eigenvalue weighted by molar-refractivity contribution is 7.12. The fourth-order valence-corrected chi connectivity index (χ4v) is 3.78. The standard InChI is InChI=1S/C17H14N4O3S2/c18-16(23)14(22)12(8-10-4-3-7-25-10)21-17(24)15-13(20-9-26-15)11-5-1-2-6-19-11/h1-7,9,12H,8H2,(H2,18,23)(H,21,24). The van der Waals surface area contributed by atoms with Gasteiger partial charge in [-0.1, -0.05) is 12.1 Å². The van der Waals surface area contributed by atoms with Crippen LogP contribution in [0, 0.1) is 0 Å². The Morgan fingerprint density at radius 3 is 2.62 bits per heavy atom. The first kappa shape index (κ1) is 17.9. The number of ketones is 1. The minimum absolute atomic E-state index is 0.197. The number of Topliss-reactive ketones (excluding diaryl/α,β-unsaturated/α-hetero) is 1. The summed E-state index contributed by atoms with van der Waals surface area (Å²) in [6.45, 7) is 0. The van der Waals surface area contributed by atoms with Gasteiger partial charge in [0.2, 0.25) is 5.78 Å². The Kier molecular flexibility index (Phi) is 5.49. The van der Waals surface area contributed by atoms with Crippen LogP contribution in [-0.2, 0) is 16.0 Å². The van der Waals surface area contributed by atoms with Crippen LogP contribution >= 0.6 is 22.7 Å². The molecule has 2 amide bonds. The van der Waals surface area contributed by atoms with E-state index in [-0.39, 0.29) is 6.42 Å². The number of hydrogen-bond donors (Lipinski definition) is 2. The number of thiophene rings is 1. The summed E-state index contributed by atoms with van der Waals surface area (Å²) in [4.78, 5) is 45.7. The van der Waals surface area contributed by atoms with Crippen LogP contribution in [0.15, 0.2) is 47.4 Å². The van der Waals surface area contributed by atoms with E-state index < -0.39 is 23.6 Å². The first-order valence-corrected chi connectivity index (χ1v) is 9.34. The molecule has 0 saturated heterocycles. The molecule has 3 rings (SSSR count). The van der Waals surface area contributed by atoms with Crippen LogP contribution in [0.5, 0.6) is 0 Å². The summed E-state index contributed by atoms with van der Waals surface area (Å²) in [5, 5.41) is 4.46. The molecule has 7 nitrogen and oxygen atoms in total. The van der Waals surface area contributed by atoms with Crippen LogP contribution in [0.2, 0.25) is 0 Å². The number of carbonyl (C=O) groups is 3. The lowest BCUT2D eigenvalue weighted by molar-refractivity contribution is -0.137. The van der Waals surface area contributed by atoms with Gasteiger partial charge in [-0.2, -0.15) is 0 Å². The molecular weight excluding hydrogens is 372 g/mol. The van der Waals surface area contributed by atoms with Gasteiger partial charge in [0.25, 0.3) is 11.8 Å². The maximum absolute atomic E-state index is 12.7. The smallest absolute Gasteiger partial charge is 0.287 e. The van der Waals surface area contributed by atoms with Crippen molar-refractivity contribution >= 4 is 40.3 Å². The fourth-order valence-electron chi connectivity index (χ4n) is 2.33. The van der Waals surface area contributed by atoms with Gasteiger partial charge in [-0.25, -0.2) is 4.98 Å². The number of nitrogens with zero attached hydrogens (tertiary/aromatic N) is 2. The maximum atomic E-state index is 12.7. The molecule has 0 aromatic carbocycles. The minimum Gasteiger partial charge on any atom is -0.363 e. The van der Waals surface area contributed by atoms with Gasteiger partial charge in [0.1, 0.15) is 16.6 Å². The molecule has 26 heavy (non-hydrogen) atoms. The summed E-state index contributed by atoms with van der Waals surface area (Å²) in [5.74, 6) is -2.42. The summed E-state index contributed by atoms with van der Waals surface area (Å²) in [5.41, 5.74) is 7.63. The highest BCUT2D eigenvalue weighted by Crippen LogP contribution is 2.23. The molecule has 3 aromatic rings. The number of primary amides is 1. The first-order chi connectivity index (χ1) is 12.6. The SMILES string of the molecule is NC(=O)C(=O)C(Cc1cccs1)NC(=O)c1scnc1-c1ccccn1. The van der Waals surface area contributed by atoms with Gasteiger partial charge in [0.15, 0.2) is 0 Å². The number of amides is 2. The predicted octanol–water partition coefficient (Wildman–Crippen LogP) is 1.66. The minimum atomic E-state index is -1.08. The van der Waals surface area contributed by atoms with Crippen LogP contribution in [0.3, 0.4) is 0 Å². The number of hydrogen-bond acceptors (Lipinski definition) is 7. The molecule has 0 aliphatic carbocycles. The predicted molar refractivity (Wildman–Crippen MR) is 98.8 cm³/mol. The molecule has 0 aliphatic heterocycles. The molecular formula is C17H14N4O3S2. The lowest BCUT2D eigenvalue weighted by atomic mass is 10.1. The summed E-state index contributed by atoms with van der Waals surface area (Å²) < 4.78 is 0. The molecule has 132 valence electrons. The Hall–Kier alpha value is -2.91. The molecule has 0 fully saturated rings. The number of carbonyl (C=O) groups excluding carboxylic acids is 3. The molecule has 3 N–H and O–H groups in total. The van der Waals surface area contributed by atoms with E-state index in [4.69, 9.17) is 5.73 Å². The largest absolute Gasteiger partial charge is 0.363 e. The zero-order valence-electron chi connectivity index (χ0n) is 13.4. The molecule has 3 aromatic heterocycles. The Labute approximate surface area is 156 Å². The molecule has 0 aliphatic rings. The monoisotopic (exact) mass is 386 g/mol. The van der Waals surface area contributed by atoms with Gasteiger partial charge in [-0.05, 0) is 23.6 Å². The summed E-state index contributed by atoms with van der Waals surface area (Å²) >= 11 is 2.56. The van der Waals surface area contributed by atoms with E-state index >= 15 is 0 Å². The summed E-state index contributed by atoms with van der Waals surface area (Å²) in [7, 11) is 0. The van der Waals surface area contributed by atoms with Crippen molar-refractivity contribution in [1.82, 2.24) is 15.3 Å². The summed E-state index contributed by atoms with van der Waals surface area (Å²) in [6.07, 6.45) is 1.80. The van der Waals surface area contributed by atoms with Gasteiger partial charge >= 0.3 is 0 Å². The van der Waals surface area contributed by atoms with E-state index in [1.807, 2.05) is 17.5 Å². The van der Waals surface area contributed by atoms with Crippen molar-refractivity contribution in [2.75, 3.05) is 0 Å². The van der Waals surface area contributed by atoms with E-state index in [0.29, 0.717) is 16.3 Å². The molecule has 0 bridgehead atoms. The third kappa shape index (κ3) is 4.01. The number of rotatable bonds is 7. The first-order valence-electron chi connectivity index (χ1n) is 7.58. The lowest BCUT2D eigenvalue weighted by Crippen LogP contribution is -2.47. The van der Waals surface area contributed by atoms with Crippen LogP contribution in [0.25, 0.3) is 11.4 Å². The molecule has 0 saturated carbocycles. The van der Waals surface area contributed by atoms with Crippen molar-refractivity contribution in [2.24, 2.45) is 5.73 Å². The molecule has 0 radical (unpaired) electrons. The highest BCUT2D eigenvalue weighted by atomic mass is 32.1. The van der Waals surface area contributed by atoms with Crippen molar-refractivity contribution in [3.8, 4) is 11.4 Å². The second-order valence-electron chi connectivity index (χ2n) is 5.28. The number of thiazole rings is 1. The van der Waals surface area contributed by atoms with Crippen LogP contribution in [0.4, 0.5) is 0 Å². The quantitative estimate of drug-likeness (QED) is 0.599. The van der Waals surface area contributed by atoms with Crippen molar-refractivity contribution < 1.29 is 14.4 Å². The van der Waals surface area contributed by atoms with Crippen molar-refractivity contribution in [2.45, 2.75) is 12.5 Å². The topological polar surface area (TPSA) is 115 Å². The van der Waals surface area contributed by atoms with Crippen molar-refractivity contribution in [3.63, 3.8) is 0 Å². The Bertz CT molecular complexity index is 923. The maximum Gasteiger partial charge on any atom is 0.287 e. The number of pyridine rings is 1. The van der Waals surface area contributed by atoms with E-state index in [9.17, 15) is 14.4 Å². The molecule has 1 unspecified atom stereocenters. The number of aromatic nitrogens is 2. The third-order valence-corrected chi connectivity index (χ3v) is 5.26. The number of nitrogens with one attached hydrogen (secondary N) is 1. The second kappa shape index (κ2) is 7.98. The van der Waals surface area contributed by atoms with E-state index in [1.54, 1.807) is 24.4 Å². The molecule has 0 spiro atoms. The molecule has 3 heterocycles. The zero-order chi connectivity index (χ0) is 18.5. The van der Waals surface area contributed by atoms with Gasteiger partial charge in [-0.3, -0.25) is 19.4 Å². The van der Waals surface area contributed by atoms with Crippen LogP contribution < -0.4 is 11.1 Å². The van der Waals surface area contributed by atoms with Crippen LogP contribution in [-0.4, -0.2) is 33.6 Å². The van der Waals surface area contributed by atoms with E-state index in [2.05, 4.69) is 15.3 Å². The molecule has 1 atom stereocenters. The van der Waals surface area contributed by atoms with Crippen molar-refractivity contribution in [1.29, 1.82) is 0 Å². The Morgan fingerprint density at radius 2 is 1.96 bits per heavy atom. The van der Waals surface area contributed by atoms with Crippen LogP contribution in [0.1, 0.15) is 14.5 Å². The van der Waals surface area contributed by atoms with Crippen molar-refractivity contribution in [3.05, 3.63) is 57.2 Å². The Morgan fingerprint density at radius 1 is 1.12 bits per heavy atom. The lowest BCUT2D eigenvalue weighted by Gasteiger charge is -2.15. The number of nitrogens with two attached hydrogens (primary N) is 1. The van der Waals surface area contributed by atoms with Gasteiger partial charge in [-0.15, -0.1) is 22.7 Å². The average Bonchev–Trinajstić information content (AvgIpc) is 3.32. The second-order valence-corrected chi connectivity index (χ2v) is 7.17. The summed E-state index contributed by atoms with van der Waals surface area (Å²) in [6, 6.07) is 7.92. The van der Waals surface area contributed by atoms with E-state index in [0.717, 1.165) is 16.2 Å². The Balaban J connectivity index is 1.83. The highest BCUT2D eigenvalue weighted by Gasteiger charge is 2.28. The normalized spacial score (nSPS) is 11.7. The third-order valence-electron chi connectivity index (χ3n) is 3.53. The molecule has 9 heteroatoms. The van der Waals surface area contributed by atoms with Gasteiger partial charge in [0.05, 0.1) is 11.2 Å². The fraction of sp³-hybridized carbons (Fsp3) is 0.118. The van der Waals surface area contributed by atoms with Gasteiger partial charge < -0.3 is 11.1 Å². The van der Waals surface area contributed by atoms with E-state index in [1.165, 1.54) is 16.8 Å². The average molecular weight is 386 g/mol.